The number of rotatable bonds is 3. The Bertz CT molecular complexity index is 1470. The number of anilines is 1. The fourth-order valence-electron chi connectivity index (χ4n) is 5.47. The maximum absolute atomic E-state index is 13.9. The molecule has 5 heteroatoms. The van der Waals surface area contributed by atoms with E-state index in [2.05, 4.69) is 13.8 Å². The third-order valence-corrected chi connectivity index (χ3v) is 7.76. The number of aliphatic hydroxyl groups is 1. The number of nitrogens with zero attached hydrogens (tertiary/aromatic N) is 1. The van der Waals surface area contributed by atoms with Crippen molar-refractivity contribution in [2.45, 2.75) is 46.5 Å². The van der Waals surface area contributed by atoms with Crippen molar-refractivity contribution in [2.75, 3.05) is 4.90 Å². The Hall–Kier alpha value is -3.63. The number of carbonyl (C=O) groups excluding carboxylic acids is 1. The fourth-order valence-corrected chi connectivity index (χ4v) is 5.64. The Labute approximate surface area is 223 Å². The number of amidine groups is 1. The van der Waals surface area contributed by atoms with Crippen LogP contribution in [-0.4, -0.2) is 16.7 Å². The molecule has 2 aliphatic rings. The first-order valence-electron chi connectivity index (χ1n) is 12.5. The molecule has 0 radical (unpaired) electrons. The lowest BCUT2D eigenvalue weighted by Crippen LogP contribution is -2.45. The van der Waals surface area contributed by atoms with Crippen molar-refractivity contribution in [3.63, 3.8) is 0 Å². The monoisotopic (exact) mass is 510 g/mol. The fraction of sp³-hybridized carbons (Fsp3) is 0.250. The lowest BCUT2D eigenvalue weighted by molar-refractivity contribution is -0.118. The molecule has 0 amide bonds. The summed E-state index contributed by atoms with van der Waals surface area (Å²) in [4.78, 5) is 15.7. The van der Waals surface area contributed by atoms with E-state index in [-0.39, 0.29) is 22.8 Å². The summed E-state index contributed by atoms with van der Waals surface area (Å²) >= 11 is 6.53. The maximum atomic E-state index is 13.9. The summed E-state index contributed by atoms with van der Waals surface area (Å²) in [5.41, 5.74) is 5.81. The zero-order valence-corrected chi connectivity index (χ0v) is 22.4. The third-order valence-electron chi connectivity index (χ3n) is 7.35. The molecular weight excluding hydrogens is 480 g/mol. The van der Waals surface area contributed by atoms with Crippen LogP contribution in [-0.2, 0) is 4.79 Å². The molecular formula is C32H31ClN2O2. The van der Waals surface area contributed by atoms with Gasteiger partial charge in [0.25, 0.3) is 0 Å². The summed E-state index contributed by atoms with van der Waals surface area (Å²) in [6, 6.07) is 23.0. The molecule has 0 saturated carbocycles. The highest BCUT2D eigenvalue weighted by atomic mass is 35.5. The van der Waals surface area contributed by atoms with Gasteiger partial charge in [0.2, 0.25) is 0 Å². The molecule has 37 heavy (non-hydrogen) atoms. The molecule has 4 nitrogen and oxygen atoms in total. The highest BCUT2D eigenvalue weighted by Gasteiger charge is 2.46. The van der Waals surface area contributed by atoms with Crippen molar-refractivity contribution in [3.05, 3.63) is 117 Å². The summed E-state index contributed by atoms with van der Waals surface area (Å²) in [6.07, 6.45) is 1.04. The predicted octanol–water partition coefficient (Wildman–Crippen LogP) is 8.15. The number of allylic oxidation sites excluding steroid dienone is 2. The average Bonchev–Trinajstić information content (AvgIpc) is 2.85. The van der Waals surface area contributed by atoms with Crippen molar-refractivity contribution >= 4 is 34.7 Å². The van der Waals surface area contributed by atoms with Crippen LogP contribution in [0.1, 0.15) is 54.9 Å². The zero-order chi connectivity index (χ0) is 26.5. The lowest BCUT2D eigenvalue weighted by Gasteiger charge is -2.45. The van der Waals surface area contributed by atoms with E-state index in [1.807, 2.05) is 91.5 Å². The van der Waals surface area contributed by atoms with Crippen LogP contribution in [0, 0.1) is 24.7 Å². The van der Waals surface area contributed by atoms with Gasteiger partial charge in [-0.3, -0.25) is 15.1 Å². The molecule has 0 bridgehead atoms. The standard InChI is InChI=1S/C32H31ClN2O2/c1-19-10-13-22(14-11-19)30(37)29-27(21-8-6-5-7-9-21)28-25(17-32(3,4)18-26(28)36)35(31(29)34)23-15-12-20(2)24(33)16-23/h5-16,27,34,37H,17-18H2,1-4H3/b30-29+,34-31?. The number of halogens is 1. The Kier molecular flexibility index (Phi) is 6.33. The highest BCUT2D eigenvalue weighted by Crippen LogP contribution is 2.51. The van der Waals surface area contributed by atoms with Crippen LogP contribution in [0.3, 0.4) is 0 Å². The minimum absolute atomic E-state index is 0.00578. The maximum Gasteiger partial charge on any atom is 0.162 e. The Morgan fingerprint density at radius 1 is 1.00 bits per heavy atom. The number of hydrogen-bond donors (Lipinski definition) is 2. The molecule has 0 aromatic heterocycles. The number of carbonyl (C=O) groups is 1. The van der Waals surface area contributed by atoms with E-state index < -0.39 is 5.92 Å². The summed E-state index contributed by atoms with van der Waals surface area (Å²) in [5, 5.41) is 21.8. The van der Waals surface area contributed by atoms with E-state index in [0.717, 1.165) is 22.4 Å². The van der Waals surface area contributed by atoms with E-state index in [4.69, 9.17) is 11.6 Å². The average molecular weight is 511 g/mol. The third kappa shape index (κ3) is 4.51. The van der Waals surface area contributed by atoms with Gasteiger partial charge in [0.1, 0.15) is 11.6 Å². The van der Waals surface area contributed by atoms with Gasteiger partial charge in [-0.05, 0) is 48.9 Å². The molecule has 5 rings (SSSR count). The molecule has 0 saturated heterocycles. The van der Waals surface area contributed by atoms with Crippen molar-refractivity contribution in [2.24, 2.45) is 5.41 Å². The molecule has 3 aromatic carbocycles. The number of hydrogen-bond acceptors (Lipinski definition) is 3. The second-order valence-electron chi connectivity index (χ2n) is 10.9. The number of aryl methyl sites for hydroxylation is 2. The number of Topliss-reactive ketones (excluding diaryl/α,β-unsaturated/α-hetero) is 1. The molecule has 0 fully saturated rings. The Morgan fingerprint density at radius 3 is 2.32 bits per heavy atom. The number of nitrogens with one attached hydrogen (secondary N) is 1. The second kappa shape index (κ2) is 9.35. The molecule has 1 aliphatic carbocycles. The van der Waals surface area contributed by atoms with E-state index >= 15 is 0 Å². The van der Waals surface area contributed by atoms with Crippen LogP contribution < -0.4 is 4.90 Å². The van der Waals surface area contributed by atoms with E-state index in [1.165, 1.54) is 0 Å². The lowest BCUT2D eigenvalue weighted by atomic mass is 9.67. The molecule has 1 unspecified atom stereocenters. The van der Waals surface area contributed by atoms with Gasteiger partial charge in [-0.25, -0.2) is 0 Å². The quantitative estimate of drug-likeness (QED) is 0.349. The molecule has 3 aromatic rings. The molecule has 1 aliphatic heterocycles. The molecule has 1 atom stereocenters. The minimum atomic E-state index is -0.550. The molecule has 2 N–H and O–H groups in total. The van der Waals surface area contributed by atoms with Gasteiger partial charge in [0.15, 0.2) is 5.78 Å². The first-order chi connectivity index (χ1) is 17.6. The largest absolute Gasteiger partial charge is 0.507 e. The highest BCUT2D eigenvalue weighted by molar-refractivity contribution is 6.32. The first kappa shape index (κ1) is 25.0. The van der Waals surface area contributed by atoms with Crippen LogP contribution in [0.15, 0.2) is 89.6 Å². The SMILES string of the molecule is Cc1ccc(/C(O)=C2\C(=N)N(c3ccc(C)c(Cl)c3)C3=C(C(=O)CC(C)(C)C3)C2c2ccccc2)cc1. The van der Waals surface area contributed by atoms with Crippen molar-refractivity contribution in [3.8, 4) is 0 Å². The number of aliphatic hydroxyl groups excluding tert-OH is 1. The molecule has 188 valence electrons. The number of benzene rings is 3. The van der Waals surface area contributed by atoms with Gasteiger partial charge in [0, 0.05) is 45.5 Å². The molecule has 0 spiro atoms. The topological polar surface area (TPSA) is 64.4 Å². The van der Waals surface area contributed by atoms with Crippen LogP contribution in [0.5, 0.6) is 0 Å². The smallest absolute Gasteiger partial charge is 0.162 e. The van der Waals surface area contributed by atoms with Crippen LogP contribution in [0.2, 0.25) is 5.02 Å². The normalized spacial score (nSPS) is 20.7. The van der Waals surface area contributed by atoms with Crippen LogP contribution in [0.4, 0.5) is 5.69 Å². The van der Waals surface area contributed by atoms with Gasteiger partial charge < -0.3 is 5.11 Å². The summed E-state index contributed by atoms with van der Waals surface area (Å²) in [6.45, 7) is 8.11. The van der Waals surface area contributed by atoms with E-state index in [0.29, 0.717) is 40.3 Å². The van der Waals surface area contributed by atoms with Crippen molar-refractivity contribution in [1.29, 1.82) is 5.41 Å². The van der Waals surface area contributed by atoms with Gasteiger partial charge in [-0.15, -0.1) is 0 Å². The van der Waals surface area contributed by atoms with Crippen LogP contribution >= 0.6 is 11.6 Å². The zero-order valence-electron chi connectivity index (χ0n) is 21.6. The Morgan fingerprint density at radius 2 is 1.68 bits per heavy atom. The minimum Gasteiger partial charge on any atom is -0.507 e. The van der Waals surface area contributed by atoms with Gasteiger partial charge >= 0.3 is 0 Å². The second-order valence-corrected chi connectivity index (χ2v) is 11.3. The van der Waals surface area contributed by atoms with Crippen molar-refractivity contribution in [1.82, 2.24) is 0 Å². The van der Waals surface area contributed by atoms with E-state index in [1.54, 1.807) is 0 Å². The van der Waals surface area contributed by atoms with Gasteiger partial charge in [-0.2, -0.15) is 0 Å². The predicted molar refractivity (Wildman–Crippen MR) is 151 cm³/mol. The number of ketones is 1. The van der Waals surface area contributed by atoms with Crippen molar-refractivity contribution < 1.29 is 9.90 Å². The summed E-state index contributed by atoms with van der Waals surface area (Å²) in [5.74, 6) is -0.349. The van der Waals surface area contributed by atoms with Crippen LogP contribution in [0.25, 0.3) is 5.76 Å². The summed E-state index contributed by atoms with van der Waals surface area (Å²) in [7, 11) is 0. The van der Waals surface area contributed by atoms with Gasteiger partial charge in [-0.1, -0.05) is 91.7 Å². The van der Waals surface area contributed by atoms with E-state index in [9.17, 15) is 15.3 Å². The first-order valence-corrected chi connectivity index (χ1v) is 12.9. The Balaban J connectivity index is 1.85. The molecule has 1 heterocycles. The van der Waals surface area contributed by atoms with Gasteiger partial charge in [0.05, 0.1) is 0 Å². The summed E-state index contributed by atoms with van der Waals surface area (Å²) < 4.78 is 0.